The molecule has 2 aromatic rings. The van der Waals surface area contributed by atoms with Crippen molar-refractivity contribution < 1.29 is 40.0 Å². The number of aliphatic hydroxyl groups excluding tert-OH is 1. The van der Waals surface area contributed by atoms with Crippen molar-refractivity contribution in [2.75, 3.05) is 42.7 Å². The van der Waals surface area contributed by atoms with Crippen LogP contribution in [0.15, 0.2) is 57.3 Å². The zero-order valence-corrected chi connectivity index (χ0v) is 27.2. The summed E-state index contributed by atoms with van der Waals surface area (Å²) in [4.78, 5) is 19.2. The molecule has 4 rings (SSSR count). The number of benzene rings is 2. The number of rotatable bonds is 12. The van der Waals surface area contributed by atoms with Gasteiger partial charge in [-0.2, -0.15) is 18.2 Å². The highest BCUT2D eigenvalue weighted by atomic mass is 32.2. The molecule has 1 atom stereocenters. The van der Waals surface area contributed by atoms with Gasteiger partial charge in [-0.05, 0) is 42.5 Å². The maximum Gasteiger partial charge on any atom is 0.286 e. The Balaban J connectivity index is 1.88. The fraction of sp³-hybridized carbons (Fsp3) is 0.407. The Morgan fingerprint density at radius 1 is 1.14 bits per heavy atom. The fourth-order valence-corrected chi connectivity index (χ4v) is 8.10. The number of hydrogen-bond acceptors (Lipinski definition) is 11. The Morgan fingerprint density at radius 2 is 1.82 bits per heavy atom. The summed E-state index contributed by atoms with van der Waals surface area (Å²) in [6, 6.07) is 9.93. The van der Waals surface area contributed by atoms with Gasteiger partial charge in [0.1, 0.15) is 21.8 Å². The molecule has 1 aliphatic heterocycles. The van der Waals surface area contributed by atoms with E-state index in [-0.39, 0.29) is 46.3 Å². The number of nitrogens with zero attached hydrogens (tertiary/aromatic N) is 2. The summed E-state index contributed by atoms with van der Waals surface area (Å²) >= 11 is 0. The van der Waals surface area contributed by atoms with Crippen LogP contribution in [-0.4, -0.2) is 79.8 Å². The Hall–Kier alpha value is -3.35. The molecule has 2 aliphatic rings. The van der Waals surface area contributed by atoms with E-state index >= 15 is 0 Å². The van der Waals surface area contributed by atoms with Gasteiger partial charge in [-0.25, -0.2) is 16.8 Å². The molecule has 0 bridgehead atoms. The van der Waals surface area contributed by atoms with Gasteiger partial charge in [0.05, 0.1) is 24.8 Å². The number of sulfonamides is 3. The molecule has 0 fully saturated rings. The molecule has 0 saturated heterocycles. The highest BCUT2D eigenvalue weighted by molar-refractivity contribution is 7.92. The average Bonchev–Trinajstić information content (AvgIpc) is 2.92. The Morgan fingerprint density at radius 3 is 2.45 bits per heavy atom. The summed E-state index contributed by atoms with van der Waals surface area (Å²) in [6.07, 6.45) is 1.30. The third kappa shape index (κ3) is 6.97. The predicted molar refractivity (Wildman–Crippen MR) is 166 cm³/mol. The van der Waals surface area contributed by atoms with Crippen molar-refractivity contribution in [1.29, 1.82) is 0 Å². The van der Waals surface area contributed by atoms with Gasteiger partial charge < -0.3 is 15.3 Å². The lowest BCUT2D eigenvalue weighted by atomic mass is 9.72. The number of ketones is 1. The summed E-state index contributed by atoms with van der Waals surface area (Å²) in [5.74, 6) is -2.36. The van der Waals surface area contributed by atoms with Crippen LogP contribution in [0.25, 0.3) is 5.76 Å². The molecule has 14 nitrogen and oxygen atoms in total. The third-order valence-corrected chi connectivity index (χ3v) is 10.5. The number of carbonyl (C=O) groups excluding carboxylic acids is 1. The van der Waals surface area contributed by atoms with E-state index in [0.717, 1.165) is 12.3 Å². The summed E-state index contributed by atoms with van der Waals surface area (Å²) < 4.78 is 85.5. The van der Waals surface area contributed by atoms with E-state index in [1.807, 2.05) is 13.8 Å². The largest absolute Gasteiger partial charge is 0.506 e. The molecule has 1 heterocycles. The Labute approximate surface area is 257 Å². The second-order valence-electron chi connectivity index (χ2n) is 11.0. The van der Waals surface area contributed by atoms with Crippen molar-refractivity contribution in [2.24, 2.45) is 10.3 Å². The van der Waals surface area contributed by atoms with E-state index in [4.69, 9.17) is 4.84 Å². The van der Waals surface area contributed by atoms with E-state index in [9.17, 15) is 35.2 Å². The summed E-state index contributed by atoms with van der Waals surface area (Å²) in [6.45, 7) is 3.80. The molecule has 0 saturated carbocycles. The molecule has 1 aliphatic carbocycles. The van der Waals surface area contributed by atoms with Crippen LogP contribution in [0.5, 0.6) is 0 Å². The number of aliphatic hydroxyl groups is 1. The first kappa shape index (κ1) is 33.5. The van der Waals surface area contributed by atoms with Crippen LogP contribution < -0.4 is 14.8 Å². The van der Waals surface area contributed by atoms with Crippen molar-refractivity contribution in [3.8, 4) is 0 Å². The molecule has 0 radical (unpaired) electrons. The first-order valence-electron chi connectivity index (χ1n) is 13.5. The van der Waals surface area contributed by atoms with Crippen molar-refractivity contribution in [2.45, 2.75) is 37.1 Å². The van der Waals surface area contributed by atoms with Crippen molar-refractivity contribution in [1.82, 2.24) is 9.79 Å². The van der Waals surface area contributed by atoms with E-state index < -0.39 is 64.3 Å². The molecular formula is C27H35N5O9S3. The number of fused-ring (bicyclic) bond motifs is 2. The van der Waals surface area contributed by atoms with Gasteiger partial charge in [0.15, 0.2) is 11.6 Å². The minimum absolute atomic E-state index is 0.00617. The van der Waals surface area contributed by atoms with Crippen LogP contribution in [0, 0.1) is 5.92 Å². The smallest absolute Gasteiger partial charge is 0.286 e. The molecule has 240 valence electrons. The first-order chi connectivity index (χ1) is 20.4. The van der Waals surface area contributed by atoms with Gasteiger partial charge >= 0.3 is 0 Å². The van der Waals surface area contributed by atoms with Crippen LogP contribution in [0.1, 0.15) is 37.8 Å². The lowest BCUT2D eigenvalue weighted by Gasteiger charge is -2.39. The predicted octanol–water partition coefficient (Wildman–Crippen LogP) is 2.17. The van der Waals surface area contributed by atoms with Gasteiger partial charge in [0.2, 0.25) is 20.0 Å². The zero-order valence-electron chi connectivity index (χ0n) is 24.8. The van der Waals surface area contributed by atoms with Crippen LogP contribution in [-0.2, 0) is 45.2 Å². The van der Waals surface area contributed by atoms with Crippen molar-refractivity contribution in [3.63, 3.8) is 0 Å². The van der Waals surface area contributed by atoms with E-state index in [2.05, 4.69) is 19.2 Å². The van der Waals surface area contributed by atoms with Crippen LogP contribution in [0.2, 0.25) is 0 Å². The average molecular weight is 670 g/mol. The maximum atomic E-state index is 14.6. The number of nitrogens with one attached hydrogen (secondary N) is 3. The second kappa shape index (κ2) is 12.2. The number of anilines is 2. The topological polar surface area (TPSA) is 201 Å². The highest BCUT2D eigenvalue weighted by Gasteiger charge is 2.51. The molecule has 17 heteroatoms. The van der Waals surface area contributed by atoms with E-state index in [1.165, 1.54) is 30.4 Å². The van der Waals surface area contributed by atoms with Crippen LogP contribution in [0.4, 0.5) is 11.4 Å². The quantitative estimate of drug-likeness (QED) is 0.241. The monoisotopic (exact) mass is 669 g/mol. The molecule has 1 unspecified atom stereocenters. The Kier molecular flexibility index (Phi) is 9.31. The number of amidine groups is 1. The first-order valence-corrected chi connectivity index (χ1v) is 18.5. The number of hydroxylamine groups is 2. The Bertz CT molecular complexity index is 1870. The third-order valence-electron chi connectivity index (χ3n) is 7.17. The summed E-state index contributed by atoms with van der Waals surface area (Å²) in [5, 5.41) is 15.5. The fourth-order valence-electron chi connectivity index (χ4n) is 4.97. The van der Waals surface area contributed by atoms with Gasteiger partial charge in [0.25, 0.3) is 10.0 Å². The minimum atomic E-state index is -4.53. The maximum absolute atomic E-state index is 14.6. The summed E-state index contributed by atoms with van der Waals surface area (Å²) in [5.41, 5.74) is -2.14. The number of carbonyl (C=O) groups is 1. The van der Waals surface area contributed by atoms with Gasteiger partial charge in [-0.1, -0.05) is 38.1 Å². The SMILES string of the molecule is CON(C)CCS(=O)(=O)NC1(CCC(C)C)C(=O)C(C2=NS(=O)(=O)c3cc(NS(C)(=O)=O)ccc3N2)=C(O)c2ccccc21. The summed E-state index contributed by atoms with van der Waals surface area (Å²) in [7, 11) is -9.47. The normalized spacial score (nSPS) is 19.8. The number of Topliss-reactive ketones (excluding diaryl/α,β-unsaturated/α-hetero) is 1. The second-order valence-corrected chi connectivity index (χ2v) is 16.2. The van der Waals surface area contributed by atoms with Gasteiger partial charge in [0, 0.05) is 24.8 Å². The lowest BCUT2D eigenvalue weighted by molar-refractivity contribution is -0.121. The molecule has 0 amide bonds. The van der Waals surface area contributed by atoms with Crippen molar-refractivity contribution >= 4 is 58.8 Å². The van der Waals surface area contributed by atoms with E-state index in [1.54, 1.807) is 25.2 Å². The highest BCUT2D eigenvalue weighted by Crippen LogP contribution is 2.43. The molecule has 0 spiro atoms. The van der Waals surface area contributed by atoms with Crippen LogP contribution >= 0.6 is 0 Å². The van der Waals surface area contributed by atoms with Gasteiger partial charge in [-0.3, -0.25) is 9.52 Å². The van der Waals surface area contributed by atoms with Crippen LogP contribution in [0.3, 0.4) is 0 Å². The lowest BCUT2D eigenvalue weighted by Crippen LogP contribution is -2.56. The van der Waals surface area contributed by atoms with Crippen molar-refractivity contribution in [3.05, 3.63) is 59.2 Å². The minimum Gasteiger partial charge on any atom is -0.506 e. The van der Waals surface area contributed by atoms with E-state index in [0.29, 0.717) is 6.42 Å². The van der Waals surface area contributed by atoms with Gasteiger partial charge in [-0.15, -0.1) is 4.40 Å². The zero-order chi connectivity index (χ0) is 32.7. The molecule has 0 aromatic heterocycles. The molecule has 4 N–H and O–H groups in total. The number of hydrogen-bond donors (Lipinski definition) is 4. The molecular weight excluding hydrogens is 635 g/mol. The molecule has 2 aromatic carbocycles. The molecule has 44 heavy (non-hydrogen) atoms. The standard InChI is InChI=1S/C27H35N5O9S3/c1-17(2)12-13-27(31-43(37,38)15-14-32(3)41-4)20-9-7-6-8-19(20)24(33)23(25(27)34)26-28-21-11-10-18(29-42(5,35)36)16-22(21)44(39,40)30-26/h6-11,16-17,29,31,33H,12-15H2,1-5H3,(H,28,30).